The molecule has 5 nitrogen and oxygen atoms in total. The summed E-state index contributed by atoms with van der Waals surface area (Å²) in [7, 11) is 2.76. The second-order valence-corrected chi connectivity index (χ2v) is 6.47. The molecule has 0 radical (unpaired) electrons. The monoisotopic (exact) mass is 374 g/mol. The Morgan fingerprint density at radius 3 is 1.96 bits per heavy atom. The van der Waals surface area contributed by atoms with E-state index >= 15 is 0 Å². The first-order valence-electron chi connectivity index (χ1n) is 9.17. The van der Waals surface area contributed by atoms with E-state index in [1.165, 1.54) is 19.8 Å². The molecule has 1 heterocycles. The zero-order valence-electron chi connectivity index (χ0n) is 16.7. The number of hydrogen-bond donors (Lipinski definition) is 0. The van der Waals surface area contributed by atoms with Gasteiger partial charge in [0, 0.05) is 11.1 Å². The second-order valence-electron chi connectivity index (χ2n) is 6.47. The molecule has 148 valence electrons. The summed E-state index contributed by atoms with van der Waals surface area (Å²) in [6.07, 6.45) is 13.2. The summed E-state index contributed by atoms with van der Waals surface area (Å²) in [5, 5.41) is 0. The number of allylic oxidation sites excluding steroid dienone is 4. The molecular weight excluding hydrogens is 344 g/mol. The fourth-order valence-corrected chi connectivity index (χ4v) is 2.60. The van der Waals surface area contributed by atoms with Gasteiger partial charge in [-0.05, 0) is 64.0 Å². The molecule has 5 heteroatoms. The number of methoxy groups -OCH3 is 2. The van der Waals surface area contributed by atoms with Gasteiger partial charge in [0.15, 0.2) is 0 Å². The average Bonchev–Trinajstić information content (AvgIpc) is 3.17. The highest BCUT2D eigenvalue weighted by molar-refractivity contribution is 5.89. The third-order valence-corrected chi connectivity index (χ3v) is 4.07. The van der Waals surface area contributed by atoms with Crippen LogP contribution in [0.25, 0.3) is 0 Å². The zero-order valence-corrected chi connectivity index (χ0v) is 16.7. The SMILES string of the molecule is COC(=O)C(=CCCC(=CCCc1ccoc1)C(=O)OC)CCC=C(C)C. The maximum Gasteiger partial charge on any atom is 0.333 e. The highest BCUT2D eigenvalue weighted by Gasteiger charge is 2.11. The van der Waals surface area contributed by atoms with E-state index in [9.17, 15) is 9.59 Å². The summed E-state index contributed by atoms with van der Waals surface area (Å²) < 4.78 is 14.8. The van der Waals surface area contributed by atoms with Crippen LogP contribution in [0.1, 0.15) is 51.5 Å². The molecule has 1 aromatic heterocycles. The molecule has 27 heavy (non-hydrogen) atoms. The van der Waals surface area contributed by atoms with Crippen LogP contribution in [0.3, 0.4) is 0 Å². The lowest BCUT2D eigenvalue weighted by atomic mass is 10.0. The van der Waals surface area contributed by atoms with Crippen molar-refractivity contribution < 1.29 is 23.5 Å². The molecule has 1 rings (SSSR count). The number of hydrogen-bond acceptors (Lipinski definition) is 5. The third kappa shape index (κ3) is 9.08. The molecule has 0 aliphatic heterocycles. The molecule has 0 aliphatic rings. The Balaban J connectivity index is 2.69. The summed E-state index contributed by atoms with van der Waals surface area (Å²) in [5.74, 6) is -0.652. The van der Waals surface area contributed by atoms with Gasteiger partial charge in [-0.25, -0.2) is 9.59 Å². The van der Waals surface area contributed by atoms with Crippen LogP contribution in [0.2, 0.25) is 0 Å². The first kappa shape index (κ1) is 22.5. The quantitative estimate of drug-likeness (QED) is 0.312. The number of carbonyl (C=O) groups is 2. The van der Waals surface area contributed by atoms with Crippen molar-refractivity contribution >= 4 is 11.9 Å². The number of furan rings is 1. The Bertz CT molecular complexity index is 674. The molecule has 0 unspecified atom stereocenters. The largest absolute Gasteiger partial charge is 0.472 e. The summed E-state index contributed by atoms with van der Waals surface area (Å²) in [4.78, 5) is 23.9. The van der Waals surface area contributed by atoms with Crippen molar-refractivity contribution in [1.82, 2.24) is 0 Å². The van der Waals surface area contributed by atoms with Gasteiger partial charge >= 0.3 is 11.9 Å². The van der Waals surface area contributed by atoms with E-state index in [0.717, 1.165) is 24.8 Å². The first-order valence-corrected chi connectivity index (χ1v) is 9.17. The minimum absolute atomic E-state index is 0.319. The summed E-state index contributed by atoms with van der Waals surface area (Å²) in [6.45, 7) is 4.05. The van der Waals surface area contributed by atoms with Gasteiger partial charge in [0.05, 0.1) is 26.7 Å². The maximum absolute atomic E-state index is 12.0. The summed E-state index contributed by atoms with van der Waals surface area (Å²) in [6, 6.07) is 1.91. The van der Waals surface area contributed by atoms with Crippen LogP contribution in [0.5, 0.6) is 0 Å². The van der Waals surface area contributed by atoms with Crippen LogP contribution in [0.15, 0.2) is 58.0 Å². The topological polar surface area (TPSA) is 65.7 Å². The minimum atomic E-state index is -0.334. The van der Waals surface area contributed by atoms with E-state index < -0.39 is 0 Å². The van der Waals surface area contributed by atoms with Crippen molar-refractivity contribution in [3.8, 4) is 0 Å². The van der Waals surface area contributed by atoms with Crippen molar-refractivity contribution in [2.75, 3.05) is 14.2 Å². The molecule has 0 amide bonds. The first-order chi connectivity index (χ1) is 13.0. The molecule has 0 aliphatic carbocycles. The Morgan fingerprint density at radius 1 is 0.926 bits per heavy atom. The van der Waals surface area contributed by atoms with E-state index in [2.05, 4.69) is 6.08 Å². The van der Waals surface area contributed by atoms with Gasteiger partial charge in [-0.2, -0.15) is 0 Å². The predicted octanol–water partition coefficient (Wildman–Crippen LogP) is 4.94. The number of rotatable bonds is 11. The summed E-state index contributed by atoms with van der Waals surface area (Å²) >= 11 is 0. The van der Waals surface area contributed by atoms with Crippen LogP contribution in [0, 0.1) is 0 Å². The molecule has 0 fully saturated rings. The van der Waals surface area contributed by atoms with Crippen LogP contribution >= 0.6 is 0 Å². The van der Waals surface area contributed by atoms with Crippen molar-refractivity contribution in [3.63, 3.8) is 0 Å². The standard InChI is InChI=1S/C22H30O5/c1-17(2)8-5-10-19(21(23)25-3)12-7-13-20(22(24)26-4)11-6-9-18-14-15-27-16-18/h8,11-12,14-16H,5-7,9-10,13H2,1-4H3. The molecule has 1 aromatic rings. The highest BCUT2D eigenvalue weighted by Crippen LogP contribution is 2.16. The lowest BCUT2D eigenvalue weighted by Crippen LogP contribution is -2.07. The Labute approximate surface area is 161 Å². The van der Waals surface area contributed by atoms with Crippen molar-refractivity contribution in [3.05, 3.63) is 59.1 Å². The smallest absolute Gasteiger partial charge is 0.333 e. The van der Waals surface area contributed by atoms with Gasteiger partial charge in [-0.15, -0.1) is 0 Å². The van der Waals surface area contributed by atoms with E-state index in [0.29, 0.717) is 30.4 Å². The van der Waals surface area contributed by atoms with Crippen molar-refractivity contribution in [1.29, 1.82) is 0 Å². The second kappa shape index (κ2) is 12.7. The number of esters is 2. The fourth-order valence-electron chi connectivity index (χ4n) is 2.60. The number of ether oxygens (including phenoxy) is 2. The predicted molar refractivity (Wildman–Crippen MR) is 105 cm³/mol. The van der Waals surface area contributed by atoms with Gasteiger partial charge in [-0.1, -0.05) is 23.8 Å². The number of aryl methyl sites for hydroxylation is 1. The van der Waals surface area contributed by atoms with Crippen molar-refractivity contribution in [2.24, 2.45) is 0 Å². The number of carbonyl (C=O) groups excluding carboxylic acids is 2. The highest BCUT2D eigenvalue weighted by atomic mass is 16.5. The summed E-state index contributed by atoms with van der Waals surface area (Å²) in [5.41, 5.74) is 3.55. The Hall–Kier alpha value is -2.56. The molecule has 0 aromatic carbocycles. The van der Waals surface area contributed by atoms with E-state index in [-0.39, 0.29) is 11.9 Å². The lowest BCUT2D eigenvalue weighted by molar-refractivity contribution is -0.137. The van der Waals surface area contributed by atoms with Gasteiger partial charge in [0.1, 0.15) is 0 Å². The maximum atomic E-state index is 12.0. The van der Waals surface area contributed by atoms with Crippen LogP contribution in [-0.2, 0) is 25.5 Å². The Morgan fingerprint density at radius 2 is 1.48 bits per heavy atom. The molecule has 0 saturated heterocycles. The molecule has 0 atom stereocenters. The fraction of sp³-hybridized carbons (Fsp3) is 0.455. The van der Waals surface area contributed by atoms with E-state index in [1.54, 1.807) is 12.5 Å². The third-order valence-electron chi connectivity index (χ3n) is 4.07. The zero-order chi connectivity index (χ0) is 20.1. The van der Waals surface area contributed by atoms with E-state index in [1.807, 2.05) is 32.1 Å². The minimum Gasteiger partial charge on any atom is -0.472 e. The average molecular weight is 374 g/mol. The molecular formula is C22H30O5. The lowest BCUT2D eigenvalue weighted by Gasteiger charge is -2.07. The van der Waals surface area contributed by atoms with Gasteiger partial charge in [-0.3, -0.25) is 0 Å². The van der Waals surface area contributed by atoms with Crippen LogP contribution in [-0.4, -0.2) is 26.2 Å². The Kier molecular flexibility index (Phi) is 10.6. The van der Waals surface area contributed by atoms with Crippen molar-refractivity contribution in [2.45, 2.75) is 52.4 Å². The normalized spacial score (nSPS) is 11.9. The van der Waals surface area contributed by atoms with Gasteiger partial charge in [0.2, 0.25) is 0 Å². The molecule has 0 spiro atoms. The van der Waals surface area contributed by atoms with E-state index in [4.69, 9.17) is 13.9 Å². The van der Waals surface area contributed by atoms with Crippen LogP contribution in [0.4, 0.5) is 0 Å². The molecule has 0 bridgehead atoms. The molecule has 0 saturated carbocycles. The van der Waals surface area contributed by atoms with Crippen LogP contribution < -0.4 is 0 Å². The molecule has 0 N–H and O–H groups in total. The van der Waals surface area contributed by atoms with Gasteiger partial charge in [0.25, 0.3) is 0 Å². The van der Waals surface area contributed by atoms with Gasteiger partial charge < -0.3 is 13.9 Å².